The van der Waals surface area contributed by atoms with E-state index in [-0.39, 0.29) is 24.0 Å². The van der Waals surface area contributed by atoms with Gasteiger partial charge in [-0.25, -0.2) is 13.1 Å². The van der Waals surface area contributed by atoms with Crippen LogP contribution in [0.5, 0.6) is 0 Å². The molecule has 0 atom stereocenters. The average Bonchev–Trinajstić information content (AvgIpc) is 2.34. The standard InChI is InChI=1S/C13H31N5O2S.HI/c1-11(2)18(12(3)4)10-9-16-13(14-5)15-7-8-17-21(6,19)20;/h11-12,17H,7-10H2,1-6H3,(H2,14,15,16);1H. The van der Waals surface area contributed by atoms with Gasteiger partial charge in [0.1, 0.15) is 0 Å². The van der Waals surface area contributed by atoms with Crippen LogP contribution in [0.4, 0.5) is 0 Å². The fraction of sp³-hybridized carbons (Fsp3) is 0.923. The van der Waals surface area contributed by atoms with Gasteiger partial charge < -0.3 is 10.6 Å². The highest BCUT2D eigenvalue weighted by molar-refractivity contribution is 14.0. The number of hydrogen-bond acceptors (Lipinski definition) is 4. The topological polar surface area (TPSA) is 85.8 Å². The van der Waals surface area contributed by atoms with Crippen LogP contribution in [0.3, 0.4) is 0 Å². The lowest BCUT2D eigenvalue weighted by Crippen LogP contribution is -2.46. The average molecular weight is 449 g/mol. The molecule has 134 valence electrons. The Kier molecular flexibility index (Phi) is 13.5. The van der Waals surface area contributed by atoms with Crippen LogP contribution in [0.2, 0.25) is 0 Å². The minimum absolute atomic E-state index is 0. The third kappa shape index (κ3) is 12.4. The summed E-state index contributed by atoms with van der Waals surface area (Å²) >= 11 is 0. The molecule has 0 rings (SSSR count). The van der Waals surface area contributed by atoms with Crippen LogP contribution in [-0.4, -0.2) is 70.8 Å². The van der Waals surface area contributed by atoms with Crippen molar-refractivity contribution in [2.45, 2.75) is 39.8 Å². The Morgan fingerprint density at radius 1 is 1.05 bits per heavy atom. The van der Waals surface area contributed by atoms with Crippen molar-refractivity contribution in [3.63, 3.8) is 0 Å². The Morgan fingerprint density at radius 2 is 1.55 bits per heavy atom. The summed E-state index contributed by atoms with van der Waals surface area (Å²) in [5.74, 6) is 0.678. The summed E-state index contributed by atoms with van der Waals surface area (Å²) in [7, 11) is -1.44. The van der Waals surface area contributed by atoms with Gasteiger partial charge in [-0.3, -0.25) is 9.89 Å². The summed E-state index contributed by atoms with van der Waals surface area (Å²) in [6.07, 6.45) is 1.15. The van der Waals surface area contributed by atoms with Gasteiger partial charge in [0.05, 0.1) is 6.26 Å². The van der Waals surface area contributed by atoms with Crippen molar-refractivity contribution in [3.05, 3.63) is 0 Å². The first-order chi connectivity index (χ1) is 9.67. The second-order valence-corrected chi connectivity index (χ2v) is 7.35. The minimum Gasteiger partial charge on any atom is -0.355 e. The van der Waals surface area contributed by atoms with E-state index in [4.69, 9.17) is 0 Å². The van der Waals surface area contributed by atoms with Crippen LogP contribution < -0.4 is 15.4 Å². The molecule has 0 bridgehead atoms. The van der Waals surface area contributed by atoms with E-state index in [2.05, 4.69) is 52.9 Å². The van der Waals surface area contributed by atoms with Crippen molar-refractivity contribution in [2.24, 2.45) is 4.99 Å². The lowest BCUT2D eigenvalue weighted by molar-refractivity contribution is 0.178. The number of halogens is 1. The molecular weight excluding hydrogens is 417 g/mol. The number of aliphatic imine (C=N–C) groups is 1. The number of hydrogen-bond donors (Lipinski definition) is 3. The maximum Gasteiger partial charge on any atom is 0.208 e. The van der Waals surface area contributed by atoms with Gasteiger partial charge in [-0.2, -0.15) is 0 Å². The summed E-state index contributed by atoms with van der Waals surface area (Å²) < 4.78 is 24.3. The van der Waals surface area contributed by atoms with E-state index >= 15 is 0 Å². The molecule has 3 N–H and O–H groups in total. The van der Waals surface area contributed by atoms with Crippen LogP contribution in [-0.2, 0) is 10.0 Å². The molecular formula is C13H32IN5O2S. The molecule has 0 heterocycles. The normalized spacial score (nSPS) is 12.7. The van der Waals surface area contributed by atoms with E-state index in [0.29, 0.717) is 31.1 Å². The lowest BCUT2D eigenvalue weighted by Gasteiger charge is -2.30. The van der Waals surface area contributed by atoms with Crippen molar-refractivity contribution in [2.75, 3.05) is 39.5 Å². The molecule has 0 radical (unpaired) electrons. The smallest absolute Gasteiger partial charge is 0.208 e. The van der Waals surface area contributed by atoms with E-state index in [1.807, 2.05) is 0 Å². The first kappa shape index (κ1) is 24.1. The van der Waals surface area contributed by atoms with Gasteiger partial charge in [-0.05, 0) is 27.7 Å². The Balaban J connectivity index is 0. The first-order valence-corrected chi connectivity index (χ1v) is 9.21. The van der Waals surface area contributed by atoms with E-state index in [1.54, 1.807) is 7.05 Å². The summed E-state index contributed by atoms with van der Waals surface area (Å²) in [5.41, 5.74) is 0. The van der Waals surface area contributed by atoms with Crippen LogP contribution in [0.25, 0.3) is 0 Å². The predicted molar refractivity (Wildman–Crippen MR) is 105 cm³/mol. The summed E-state index contributed by atoms with van der Waals surface area (Å²) in [6, 6.07) is 1.00. The number of nitrogens with zero attached hydrogens (tertiary/aromatic N) is 2. The van der Waals surface area contributed by atoms with Crippen molar-refractivity contribution in [1.29, 1.82) is 0 Å². The molecule has 0 aromatic heterocycles. The Labute approximate surface area is 152 Å². The summed E-state index contributed by atoms with van der Waals surface area (Å²) in [5, 5.41) is 6.29. The molecule has 0 saturated heterocycles. The Bertz CT molecular complexity index is 405. The third-order valence-corrected chi connectivity index (χ3v) is 3.72. The van der Waals surface area contributed by atoms with Gasteiger partial charge in [0.25, 0.3) is 0 Å². The van der Waals surface area contributed by atoms with Gasteiger partial charge in [-0.15, -0.1) is 24.0 Å². The summed E-state index contributed by atoms with van der Waals surface area (Å²) in [4.78, 5) is 6.50. The van der Waals surface area contributed by atoms with Gasteiger partial charge in [0, 0.05) is 45.3 Å². The molecule has 0 aliphatic carbocycles. The molecule has 0 fully saturated rings. The van der Waals surface area contributed by atoms with Gasteiger partial charge in [0.15, 0.2) is 5.96 Å². The molecule has 0 saturated carbocycles. The molecule has 0 aromatic rings. The second kappa shape index (κ2) is 12.3. The molecule has 22 heavy (non-hydrogen) atoms. The van der Waals surface area contributed by atoms with E-state index < -0.39 is 10.0 Å². The van der Waals surface area contributed by atoms with Crippen molar-refractivity contribution in [1.82, 2.24) is 20.3 Å². The first-order valence-electron chi connectivity index (χ1n) is 7.32. The minimum atomic E-state index is -3.13. The maximum atomic E-state index is 10.9. The van der Waals surface area contributed by atoms with Crippen LogP contribution >= 0.6 is 24.0 Å². The number of guanidine groups is 1. The monoisotopic (exact) mass is 449 g/mol. The van der Waals surface area contributed by atoms with Crippen LogP contribution in [0, 0.1) is 0 Å². The van der Waals surface area contributed by atoms with Gasteiger partial charge >= 0.3 is 0 Å². The van der Waals surface area contributed by atoms with Crippen molar-refractivity contribution in [3.8, 4) is 0 Å². The second-order valence-electron chi connectivity index (χ2n) is 5.52. The maximum absolute atomic E-state index is 10.9. The Hall–Kier alpha value is -0.130. The van der Waals surface area contributed by atoms with Gasteiger partial charge in [-0.1, -0.05) is 0 Å². The fourth-order valence-corrected chi connectivity index (χ4v) is 2.53. The van der Waals surface area contributed by atoms with Crippen molar-refractivity contribution < 1.29 is 8.42 Å². The SMILES string of the molecule is CN=C(NCCNS(C)(=O)=O)NCCN(C(C)C)C(C)C.I. The zero-order valence-electron chi connectivity index (χ0n) is 14.5. The van der Waals surface area contributed by atoms with E-state index in [0.717, 1.165) is 19.3 Å². The van der Waals surface area contributed by atoms with E-state index in [9.17, 15) is 8.42 Å². The quantitative estimate of drug-likeness (QED) is 0.206. The Morgan fingerprint density at radius 3 is 1.95 bits per heavy atom. The highest BCUT2D eigenvalue weighted by Gasteiger charge is 2.12. The molecule has 0 spiro atoms. The van der Waals surface area contributed by atoms with Crippen molar-refractivity contribution >= 4 is 40.0 Å². The number of nitrogens with one attached hydrogen (secondary N) is 3. The predicted octanol–water partition coefficient (Wildman–Crippen LogP) is 0.437. The number of rotatable bonds is 9. The zero-order chi connectivity index (χ0) is 16.5. The third-order valence-electron chi connectivity index (χ3n) is 2.99. The highest BCUT2D eigenvalue weighted by Crippen LogP contribution is 2.03. The molecule has 9 heteroatoms. The largest absolute Gasteiger partial charge is 0.355 e. The fourth-order valence-electron chi connectivity index (χ4n) is 2.05. The van der Waals surface area contributed by atoms with E-state index in [1.165, 1.54) is 0 Å². The van der Waals surface area contributed by atoms with Gasteiger partial charge in [0.2, 0.25) is 10.0 Å². The summed E-state index contributed by atoms with van der Waals surface area (Å²) in [6.45, 7) is 11.3. The molecule has 0 aromatic carbocycles. The van der Waals surface area contributed by atoms with Crippen LogP contribution in [0.15, 0.2) is 4.99 Å². The molecule has 0 aliphatic rings. The molecule has 0 aliphatic heterocycles. The highest BCUT2D eigenvalue weighted by atomic mass is 127. The molecule has 0 unspecified atom stereocenters. The molecule has 7 nitrogen and oxygen atoms in total. The van der Waals surface area contributed by atoms with Crippen LogP contribution in [0.1, 0.15) is 27.7 Å². The number of sulfonamides is 1. The molecule has 0 amide bonds. The lowest BCUT2D eigenvalue weighted by atomic mass is 10.2. The zero-order valence-corrected chi connectivity index (χ0v) is 17.7.